The second-order valence-corrected chi connectivity index (χ2v) is 7.61. The van der Waals surface area contributed by atoms with Crippen molar-refractivity contribution in [1.82, 2.24) is 10.1 Å². The first kappa shape index (κ1) is 18.8. The van der Waals surface area contributed by atoms with Gasteiger partial charge in [0.25, 0.3) is 0 Å². The van der Waals surface area contributed by atoms with Crippen LogP contribution in [-0.2, 0) is 11.3 Å². The van der Waals surface area contributed by atoms with Crippen LogP contribution in [-0.4, -0.2) is 42.5 Å². The highest BCUT2D eigenvalue weighted by atomic mass is 16.5. The lowest BCUT2D eigenvalue weighted by Gasteiger charge is -2.22. The van der Waals surface area contributed by atoms with E-state index in [9.17, 15) is 4.79 Å². The van der Waals surface area contributed by atoms with Crippen LogP contribution in [0.4, 0.5) is 10.5 Å². The van der Waals surface area contributed by atoms with Crippen molar-refractivity contribution in [2.45, 2.75) is 50.7 Å². The SMILES string of the molecule is CN(Cc1cc(C2CC2)on1)C(=O)Nc1ccc(OC[C@H]2CCCCO2)cc1. The monoisotopic (exact) mass is 385 g/mol. The van der Waals surface area contributed by atoms with Gasteiger partial charge in [-0.15, -0.1) is 0 Å². The van der Waals surface area contributed by atoms with Gasteiger partial charge in [-0.3, -0.25) is 0 Å². The van der Waals surface area contributed by atoms with Crippen LogP contribution in [0.3, 0.4) is 0 Å². The molecule has 0 spiro atoms. The van der Waals surface area contributed by atoms with E-state index in [1.54, 1.807) is 11.9 Å². The van der Waals surface area contributed by atoms with Crippen LogP contribution in [0.2, 0.25) is 0 Å². The summed E-state index contributed by atoms with van der Waals surface area (Å²) in [6.07, 6.45) is 5.89. The normalized spacial score (nSPS) is 19.2. The Bertz CT molecular complexity index is 779. The number of ether oxygens (including phenoxy) is 2. The minimum Gasteiger partial charge on any atom is -0.491 e. The molecule has 1 saturated carbocycles. The number of hydrogen-bond acceptors (Lipinski definition) is 5. The molecule has 0 unspecified atom stereocenters. The number of rotatable bonds is 7. The Morgan fingerprint density at radius 3 is 2.79 bits per heavy atom. The molecule has 4 rings (SSSR count). The van der Waals surface area contributed by atoms with Crippen molar-refractivity contribution in [3.8, 4) is 5.75 Å². The second kappa shape index (κ2) is 8.65. The summed E-state index contributed by atoms with van der Waals surface area (Å²) in [6.45, 7) is 1.79. The van der Waals surface area contributed by atoms with Crippen molar-refractivity contribution in [2.75, 3.05) is 25.6 Å². The number of carbonyl (C=O) groups is 1. The highest BCUT2D eigenvalue weighted by molar-refractivity contribution is 5.89. The average molecular weight is 385 g/mol. The molecule has 1 aromatic carbocycles. The number of carbonyl (C=O) groups excluding carboxylic acids is 1. The Kier molecular flexibility index (Phi) is 5.81. The van der Waals surface area contributed by atoms with E-state index < -0.39 is 0 Å². The quantitative estimate of drug-likeness (QED) is 0.774. The van der Waals surface area contributed by atoms with Gasteiger partial charge in [0.05, 0.1) is 12.6 Å². The van der Waals surface area contributed by atoms with E-state index in [0.717, 1.165) is 42.3 Å². The summed E-state index contributed by atoms with van der Waals surface area (Å²) in [5.41, 5.74) is 1.49. The fourth-order valence-corrected chi connectivity index (χ4v) is 3.26. The second-order valence-electron chi connectivity index (χ2n) is 7.61. The van der Waals surface area contributed by atoms with Crippen molar-refractivity contribution < 1.29 is 18.8 Å². The highest BCUT2D eigenvalue weighted by Crippen LogP contribution is 2.40. The first-order valence-corrected chi connectivity index (χ1v) is 9.99. The van der Waals surface area contributed by atoms with E-state index >= 15 is 0 Å². The summed E-state index contributed by atoms with van der Waals surface area (Å²) in [5.74, 6) is 2.22. The predicted octanol–water partition coefficient (Wildman–Crippen LogP) is 4.16. The van der Waals surface area contributed by atoms with Crippen LogP contribution < -0.4 is 10.1 Å². The number of benzene rings is 1. The van der Waals surface area contributed by atoms with Gasteiger partial charge in [0, 0.05) is 31.3 Å². The van der Waals surface area contributed by atoms with Gasteiger partial charge in [-0.05, 0) is 56.4 Å². The molecular formula is C21H27N3O4. The fraction of sp³-hybridized carbons (Fsp3) is 0.524. The Labute approximate surface area is 165 Å². The van der Waals surface area contributed by atoms with Crippen LogP contribution in [0.5, 0.6) is 5.75 Å². The molecule has 0 radical (unpaired) electrons. The van der Waals surface area contributed by atoms with Crippen molar-refractivity contribution in [1.29, 1.82) is 0 Å². The van der Waals surface area contributed by atoms with Crippen LogP contribution in [0.1, 0.15) is 49.5 Å². The molecule has 7 nitrogen and oxygen atoms in total. The van der Waals surface area contributed by atoms with Gasteiger partial charge in [0.1, 0.15) is 23.8 Å². The molecular weight excluding hydrogens is 358 g/mol. The molecule has 28 heavy (non-hydrogen) atoms. The number of hydrogen-bond donors (Lipinski definition) is 1. The van der Waals surface area contributed by atoms with Crippen LogP contribution in [0.15, 0.2) is 34.9 Å². The molecule has 2 fully saturated rings. The number of urea groups is 1. The van der Waals surface area contributed by atoms with Crippen molar-refractivity contribution in [3.05, 3.63) is 41.8 Å². The summed E-state index contributed by atoms with van der Waals surface area (Å²) in [6, 6.07) is 9.15. The number of amides is 2. The molecule has 1 aromatic heterocycles. The molecule has 2 amide bonds. The predicted molar refractivity (Wildman–Crippen MR) is 104 cm³/mol. The lowest BCUT2D eigenvalue weighted by atomic mass is 10.1. The molecule has 0 bridgehead atoms. The molecule has 1 atom stereocenters. The molecule has 1 aliphatic heterocycles. The number of nitrogens with one attached hydrogen (secondary N) is 1. The zero-order valence-electron chi connectivity index (χ0n) is 16.2. The number of anilines is 1. The average Bonchev–Trinajstić information content (AvgIpc) is 3.47. The molecule has 1 N–H and O–H groups in total. The van der Waals surface area contributed by atoms with E-state index in [1.807, 2.05) is 30.3 Å². The molecule has 150 valence electrons. The molecule has 7 heteroatoms. The third kappa shape index (κ3) is 5.04. The minimum atomic E-state index is -0.194. The van der Waals surface area contributed by atoms with E-state index in [-0.39, 0.29) is 12.1 Å². The van der Waals surface area contributed by atoms with Crippen LogP contribution in [0, 0.1) is 0 Å². The maximum atomic E-state index is 12.4. The minimum absolute atomic E-state index is 0.179. The zero-order valence-corrected chi connectivity index (χ0v) is 16.2. The third-order valence-electron chi connectivity index (χ3n) is 5.12. The molecule has 1 aliphatic carbocycles. The summed E-state index contributed by atoms with van der Waals surface area (Å²) in [5, 5.41) is 6.94. The largest absolute Gasteiger partial charge is 0.491 e. The van der Waals surface area contributed by atoms with Crippen molar-refractivity contribution >= 4 is 11.7 Å². The fourth-order valence-electron chi connectivity index (χ4n) is 3.26. The Hall–Kier alpha value is -2.54. The van der Waals surface area contributed by atoms with E-state index in [0.29, 0.717) is 19.1 Å². The van der Waals surface area contributed by atoms with E-state index in [4.69, 9.17) is 14.0 Å². The summed E-state index contributed by atoms with van der Waals surface area (Å²) in [4.78, 5) is 14.0. The van der Waals surface area contributed by atoms with Gasteiger partial charge in [-0.2, -0.15) is 0 Å². The Balaban J connectivity index is 1.23. The molecule has 2 heterocycles. The van der Waals surface area contributed by atoms with Gasteiger partial charge in [-0.1, -0.05) is 5.16 Å². The molecule has 2 aromatic rings. The van der Waals surface area contributed by atoms with Gasteiger partial charge < -0.3 is 24.2 Å². The van der Waals surface area contributed by atoms with Gasteiger partial charge in [-0.25, -0.2) is 4.79 Å². The van der Waals surface area contributed by atoms with Gasteiger partial charge in [0.2, 0.25) is 0 Å². The van der Waals surface area contributed by atoms with Crippen LogP contribution >= 0.6 is 0 Å². The number of aromatic nitrogens is 1. The first-order valence-electron chi connectivity index (χ1n) is 9.99. The maximum absolute atomic E-state index is 12.4. The summed E-state index contributed by atoms with van der Waals surface area (Å²) >= 11 is 0. The van der Waals surface area contributed by atoms with Crippen molar-refractivity contribution in [2.24, 2.45) is 0 Å². The lowest BCUT2D eigenvalue weighted by molar-refractivity contribution is -0.0110. The van der Waals surface area contributed by atoms with E-state index in [2.05, 4.69) is 10.5 Å². The van der Waals surface area contributed by atoms with Gasteiger partial charge in [0.15, 0.2) is 0 Å². The highest BCUT2D eigenvalue weighted by Gasteiger charge is 2.28. The van der Waals surface area contributed by atoms with Crippen LogP contribution in [0.25, 0.3) is 0 Å². The van der Waals surface area contributed by atoms with E-state index in [1.165, 1.54) is 19.3 Å². The summed E-state index contributed by atoms with van der Waals surface area (Å²) in [7, 11) is 1.74. The third-order valence-corrected chi connectivity index (χ3v) is 5.12. The van der Waals surface area contributed by atoms with Gasteiger partial charge >= 0.3 is 6.03 Å². The smallest absolute Gasteiger partial charge is 0.321 e. The lowest BCUT2D eigenvalue weighted by Crippen LogP contribution is -2.30. The Morgan fingerprint density at radius 2 is 2.07 bits per heavy atom. The molecule has 2 aliphatic rings. The Morgan fingerprint density at radius 1 is 1.25 bits per heavy atom. The first-order chi connectivity index (χ1) is 13.7. The topological polar surface area (TPSA) is 76.8 Å². The zero-order chi connectivity index (χ0) is 19.3. The summed E-state index contributed by atoms with van der Waals surface area (Å²) < 4.78 is 16.8. The standard InChI is InChI=1S/C21H27N3O4/c1-24(13-17-12-20(28-23-17)15-5-6-15)21(25)22-16-7-9-18(10-8-16)27-14-19-4-2-3-11-26-19/h7-10,12,15,19H,2-6,11,13-14H2,1H3,(H,22,25)/t19-/m1/s1. The maximum Gasteiger partial charge on any atom is 0.321 e. The molecule has 1 saturated heterocycles. The van der Waals surface area contributed by atoms with Crippen molar-refractivity contribution in [3.63, 3.8) is 0 Å². The number of nitrogens with zero attached hydrogens (tertiary/aromatic N) is 2.